The lowest BCUT2D eigenvalue weighted by Gasteiger charge is -2.11. The van der Waals surface area contributed by atoms with Crippen LogP contribution in [-0.2, 0) is 0 Å². The van der Waals surface area contributed by atoms with E-state index < -0.39 is 5.91 Å². The summed E-state index contributed by atoms with van der Waals surface area (Å²) in [4.78, 5) is 12.0. The Kier molecular flexibility index (Phi) is 5.00. The van der Waals surface area contributed by atoms with Crippen LogP contribution in [0, 0.1) is 22.7 Å². The molecular formula is C16H12N4O3. The predicted molar refractivity (Wildman–Crippen MR) is 82.6 cm³/mol. The van der Waals surface area contributed by atoms with Crippen LogP contribution in [0.3, 0.4) is 0 Å². The molecule has 2 rings (SSSR count). The van der Waals surface area contributed by atoms with Gasteiger partial charge in [-0.2, -0.15) is 10.5 Å². The Morgan fingerprint density at radius 3 is 2.70 bits per heavy atom. The third-order valence-electron chi connectivity index (χ3n) is 2.82. The van der Waals surface area contributed by atoms with Crippen molar-refractivity contribution in [3.63, 3.8) is 0 Å². The van der Waals surface area contributed by atoms with E-state index in [0.717, 1.165) is 0 Å². The first-order valence-electron chi connectivity index (χ1n) is 6.47. The zero-order valence-corrected chi connectivity index (χ0v) is 12.2. The first-order chi connectivity index (χ1) is 11.2. The van der Waals surface area contributed by atoms with E-state index in [4.69, 9.17) is 19.7 Å². The molecule has 0 atom stereocenters. The fourth-order valence-electron chi connectivity index (χ4n) is 1.73. The third-order valence-corrected chi connectivity index (χ3v) is 2.82. The van der Waals surface area contributed by atoms with Crippen LogP contribution in [0.25, 0.3) is 0 Å². The normalized spacial score (nSPS) is 9.17. The summed E-state index contributed by atoms with van der Waals surface area (Å²) >= 11 is 0. The second-order valence-corrected chi connectivity index (χ2v) is 4.27. The number of hydrogen-bond donors (Lipinski definition) is 2. The summed E-state index contributed by atoms with van der Waals surface area (Å²) in [6.07, 6.45) is 2.68. The topological polar surface area (TPSA) is 111 Å². The molecule has 7 nitrogen and oxygen atoms in total. The Bertz CT molecular complexity index is 795. The molecule has 1 aromatic heterocycles. The van der Waals surface area contributed by atoms with Crippen LogP contribution in [0.2, 0.25) is 0 Å². The van der Waals surface area contributed by atoms with Gasteiger partial charge in [0, 0.05) is 11.9 Å². The predicted octanol–water partition coefficient (Wildman–Crippen LogP) is 2.88. The molecule has 114 valence electrons. The molecule has 0 aliphatic carbocycles. The molecule has 0 radical (unpaired) electrons. The Morgan fingerprint density at radius 2 is 2.09 bits per heavy atom. The molecule has 0 aliphatic rings. The van der Waals surface area contributed by atoms with Crippen molar-refractivity contribution >= 4 is 17.3 Å². The SMILES string of the molecule is COc1ccc(NC=C(C#N)C#N)cc1NC(=O)c1ccco1. The summed E-state index contributed by atoms with van der Waals surface area (Å²) in [5.41, 5.74) is 0.924. The molecule has 0 spiro atoms. The van der Waals surface area contributed by atoms with E-state index in [0.29, 0.717) is 17.1 Å². The van der Waals surface area contributed by atoms with Gasteiger partial charge in [0.2, 0.25) is 0 Å². The van der Waals surface area contributed by atoms with Crippen LogP contribution >= 0.6 is 0 Å². The zero-order valence-electron chi connectivity index (χ0n) is 12.2. The van der Waals surface area contributed by atoms with E-state index in [9.17, 15) is 4.79 Å². The fourth-order valence-corrected chi connectivity index (χ4v) is 1.73. The maximum absolute atomic E-state index is 12.0. The standard InChI is InChI=1S/C16H12N4O3/c1-22-14-5-4-12(19-10-11(8-17)9-18)7-13(14)20-16(21)15-3-2-6-23-15/h2-7,10,19H,1H3,(H,20,21). The molecule has 0 bridgehead atoms. The maximum atomic E-state index is 12.0. The fraction of sp³-hybridized carbons (Fsp3) is 0.0625. The highest BCUT2D eigenvalue weighted by Gasteiger charge is 2.12. The highest BCUT2D eigenvalue weighted by molar-refractivity contribution is 6.03. The first kappa shape index (κ1) is 15.7. The smallest absolute Gasteiger partial charge is 0.291 e. The van der Waals surface area contributed by atoms with Gasteiger partial charge in [0.15, 0.2) is 5.76 Å². The monoisotopic (exact) mass is 308 g/mol. The molecule has 1 aromatic carbocycles. The number of nitrogens with zero attached hydrogens (tertiary/aromatic N) is 2. The number of amides is 1. The molecule has 1 amide bonds. The maximum Gasteiger partial charge on any atom is 0.291 e. The number of anilines is 2. The molecule has 23 heavy (non-hydrogen) atoms. The van der Waals surface area contributed by atoms with Gasteiger partial charge >= 0.3 is 0 Å². The van der Waals surface area contributed by atoms with Gasteiger partial charge in [-0.25, -0.2) is 0 Å². The van der Waals surface area contributed by atoms with Crippen LogP contribution in [0.5, 0.6) is 5.75 Å². The highest BCUT2D eigenvalue weighted by Crippen LogP contribution is 2.28. The number of rotatable bonds is 5. The molecular weight excluding hydrogens is 296 g/mol. The van der Waals surface area contributed by atoms with E-state index in [-0.39, 0.29) is 11.3 Å². The summed E-state index contributed by atoms with van der Waals surface area (Å²) in [5.74, 6) is 0.206. The van der Waals surface area contributed by atoms with Gasteiger partial charge in [-0.3, -0.25) is 4.79 Å². The number of methoxy groups -OCH3 is 1. The second-order valence-electron chi connectivity index (χ2n) is 4.27. The molecule has 2 N–H and O–H groups in total. The average Bonchev–Trinajstić information content (AvgIpc) is 3.10. The van der Waals surface area contributed by atoms with Crippen molar-refractivity contribution in [2.24, 2.45) is 0 Å². The largest absolute Gasteiger partial charge is 0.495 e. The van der Waals surface area contributed by atoms with E-state index >= 15 is 0 Å². The lowest BCUT2D eigenvalue weighted by Crippen LogP contribution is -2.12. The number of nitriles is 2. The minimum absolute atomic E-state index is 0.0676. The summed E-state index contributed by atoms with van der Waals surface area (Å²) in [6.45, 7) is 0. The van der Waals surface area contributed by atoms with E-state index in [1.54, 1.807) is 42.5 Å². The van der Waals surface area contributed by atoms with Crippen molar-refractivity contribution in [2.45, 2.75) is 0 Å². The summed E-state index contributed by atoms with van der Waals surface area (Å²) < 4.78 is 10.2. The second kappa shape index (κ2) is 7.34. The van der Waals surface area contributed by atoms with Crippen molar-refractivity contribution in [1.29, 1.82) is 10.5 Å². The highest BCUT2D eigenvalue weighted by atomic mass is 16.5. The number of furan rings is 1. The van der Waals surface area contributed by atoms with Crippen LogP contribution in [0.15, 0.2) is 52.8 Å². The Labute approximate surface area is 132 Å². The summed E-state index contributed by atoms with van der Waals surface area (Å²) in [7, 11) is 1.48. The van der Waals surface area contributed by atoms with E-state index in [1.807, 2.05) is 0 Å². The number of carbonyl (C=O) groups excluding carboxylic acids is 1. The molecule has 0 fully saturated rings. The van der Waals surface area contributed by atoms with Gasteiger partial charge in [0.25, 0.3) is 5.91 Å². The molecule has 2 aromatic rings. The first-order valence-corrected chi connectivity index (χ1v) is 6.47. The molecule has 7 heteroatoms. The van der Waals surface area contributed by atoms with Crippen molar-refractivity contribution in [2.75, 3.05) is 17.7 Å². The van der Waals surface area contributed by atoms with Crippen LogP contribution in [0.1, 0.15) is 10.6 Å². The number of benzene rings is 1. The van der Waals surface area contributed by atoms with Crippen LogP contribution in [-0.4, -0.2) is 13.0 Å². The minimum atomic E-state index is -0.421. The van der Waals surface area contributed by atoms with Gasteiger partial charge in [0.1, 0.15) is 23.5 Å². The number of nitrogens with one attached hydrogen (secondary N) is 2. The molecule has 0 unspecified atom stereocenters. The van der Waals surface area contributed by atoms with Gasteiger partial charge in [-0.05, 0) is 30.3 Å². The van der Waals surface area contributed by atoms with Crippen LogP contribution < -0.4 is 15.4 Å². The molecule has 0 aliphatic heterocycles. The minimum Gasteiger partial charge on any atom is -0.495 e. The van der Waals surface area contributed by atoms with Gasteiger partial charge < -0.3 is 19.8 Å². The lowest BCUT2D eigenvalue weighted by atomic mass is 10.2. The van der Waals surface area contributed by atoms with Crippen molar-refractivity contribution in [3.8, 4) is 17.9 Å². The number of hydrogen-bond acceptors (Lipinski definition) is 6. The summed E-state index contributed by atoms with van der Waals surface area (Å²) in [6, 6.07) is 11.6. The van der Waals surface area contributed by atoms with Crippen molar-refractivity contribution in [3.05, 3.63) is 54.1 Å². The Morgan fingerprint density at radius 1 is 1.30 bits per heavy atom. The molecule has 0 saturated heterocycles. The number of carbonyl (C=O) groups is 1. The molecule has 0 saturated carbocycles. The number of ether oxygens (including phenoxy) is 1. The summed E-state index contributed by atoms with van der Waals surface area (Å²) in [5, 5.41) is 22.9. The van der Waals surface area contributed by atoms with E-state index in [2.05, 4.69) is 10.6 Å². The zero-order chi connectivity index (χ0) is 16.7. The lowest BCUT2D eigenvalue weighted by molar-refractivity contribution is 0.0996. The van der Waals surface area contributed by atoms with Gasteiger partial charge in [-0.15, -0.1) is 0 Å². The van der Waals surface area contributed by atoms with Gasteiger partial charge in [0.05, 0.1) is 19.1 Å². The third kappa shape index (κ3) is 3.90. The van der Waals surface area contributed by atoms with Gasteiger partial charge in [-0.1, -0.05) is 0 Å². The van der Waals surface area contributed by atoms with E-state index in [1.165, 1.54) is 19.6 Å². The van der Waals surface area contributed by atoms with Crippen molar-refractivity contribution < 1.29 is 13.9 Å². The Hall–Kier alpha value is -3.71. The Balaban J connectivity index is 2.23. The van der Waals surface area contributed by atoms with Crippen molar-refractivity contribution in [1.82, 2.24) is 0 Å². The number of allylic oxidation sites excluding steroid dienone is 1. The average molecular weight is 308 g/mol. The quantitative estimate of drug-likeness (QED) is 0.821. The van der Waals surface area contributed by atoms with Crippen LogP contribution in [0.4, 0.5) is 11.4 Å². The molecule has 1 heterocycles.